The first-order valence-corrected chi connectivity index (χ1v) is 10.6. The maximum absolute atomic E-state index is 13.5. The number of rotatable bonds is 8. The molecule has 0 bridgehead atoms. The maximum Gasteiger partial charge on any atom is 0.290 e. The van der Waals surface area contributed by atoms with Crippen molar-refractivity contribution in [3.8, 4) is 0 Å². The van der Waals surface area contributed by atoms with Crippen molar-refractivity contribution in [1.29, 1.82) is 0 Å². The van der Waals surface area contributed by atoms with Crippen molar-refractivity contribution in [3.05, 3.63) is 83.3 Å². The van der Waals surface area contributed by atoms with Gasteiger partial charge in [0.05, 0.1) is 11.6 Å². The highest BCUT2D eigenvalue weighted by Gasteiger charge is 2.44. The van der Waals surface area contributed by atoms with Crippen molar-refractivity contribution in [3.63, 3.8) is 0 Å². The molecule has 31 heavy (non-hydrogen) atoms. The fourth-order valence-corrected chi connectivity index (χ4v) is 4.11. The van der Waals surface area contributed by atoms with E-state index in [4.69, 9.17) is 4.42 Å². The summed E-state index contributed by atoms with van der Waals surface area (Å²) in [6.45, 7) is 6.91. The van der Waals surface area contributed by atoms with Crippen LogP contribution in [0.1, 0.15) is 36.0 Å². The average molecular weight is 418 g/mol. The first-order valence-electron chi connectivity index (χ1n) is 10.6. The lowest BCUT2D eigenvalue weighted by Gasteiger charge is -2.29. The number of Topliss-reactive ketones (excluding diaryl/α,β-unsaturated/α-hetero) is 1. The largest absolute Gasteiger partial charge is 0.503 e. The summed E-state index contributed by atoms with van der Waals surface area (Å²) in [5.74, 6) is -1.39. The Labute approximate surface area is 181 Å². The van der Waals surface area contributed by atoms with E-state index in [-0.39, 0.29) is 11.3 Å². The van der Waals surface area contributed by atoms with Gasteiger partial charge >= 0.3 is 0 Å². The Balaban J connectivity index is 1.73. The highest BCUT2D eigenvalue weighted by molar-refractivity contribution is 6.16. The van der Waals surface area contributed by atoms with Gasteiger partial charge in [-0.05, 0) is 30.8 Å². The normalized spacial score (nSPS) is 16.7. The first-order chi connectivity index (χ1) is 15.0. The standard InChI is InChI=1S/C25H26N2O4/c1-3-26(4-2)14-15-27-22(17-10-6-5-7-11-17)21(24(29)25(27)30)23(28)20-16-18-12-8-9-13-19(18)31-20/h5-13,16,22,29H,3-4,14-15H2,1-2H3/t22-/m0/s1. The number of amides is 1. The Bertz CT molecular complexity index is 1100. The lowest BCUT2D eigenvalue weighted by Crippen LogP contribution is -2.38. The van der Waals surface area contributed by atoms with Gasteiger partial charge in [-0.2, -0.15) is 0 Å². The van der Waals surface area contributed by atoms with Crippen LogP contribution in [0.3, 0.4) is 0 Å². The topological polar surface area (TPSA) is 74.0 Å². The van der Waals surface area contributed by atoms with Crippen molar-refractivity contribution in [1.82, 2.24) is 9.80 Å². The minimum absolute atomic E-state index is 0.0646. The molecule has 6 heteroatoms. The summed E-state index contributed by atoms with van der Waals surface area (Å²) >= 11 is 0. The molecule has 3 aromatic rings. The second kappa shape index (κ2) is 8.78. The lowest BCUT2D eigenvalue weighted by molar-refractivity contribution is -0.129. The zero-order valence-corrected chi connectivity index (χ0v) is 17.7. The molecule has 0 fully saturated rings. The zero-order chi connectivity index (χ0) is 22.0. The quantitative estimate of drug-likeness (QED) is 0.551. The summed E-state index contributed by atoms with van der Waals surface area (Å²) in [5.41, 5.74) is 1.43. The van der Waals surface area contributed by atoms with E-state index in [1.54, 1.807) is 17.0 Å². The summed E-state index contributed by atoms with van der Waals surface area (Å²) in [5, 5.41) is 11.6. The zero-order valence-electron chi connectivity index (χ0n) is 17.7. The Hall–Kier alpha value is -3.38. The van der Waals surface area contributed by atoms with Gasteiger partial charge in [-0.1, -0.05) is 62.4 Å². The number of para-hydroxylation sites is 1. The number of nitrogens with zero attached hydrogens (tertiary/aromatic N) is 2. The molecular formula is C25H26N2O4. The predicted octanol–water partition coefficient (Wildman–Crippen LogP) is 4.35. The molecule has 1 amide bonds. The van der Waals surface area contributed by atoms with Crippen molar-refractivity contribution < 1.29 is 19.1 Å². The molecule has 0 spiro atoms. The number of hydrogen-bond donors (Lipinski definition) is 1. The number of hydrogen-bond acceptors (Lipinski definition) is 5. The van der Waals surface area contributed by atoms with E-state index in [2.05, 4.69) is 18.7 Å². The third kappa shape index (κ3) is 3.86. The Morgan fingerprint density at radius 3 is 2.42 bits per heavy atom. The van der Waals surface area contributed by atoms with Crippen molar-refractivity contribution in [2.45, 2.75) is 19.9 Å². The molecule has 4 rings (SSSR count). The van der Waals surface area contributed by atoms with Crippen LogP contribution in [0.5, 0.6) is 0 Å². The molecular weight excluding hydrogens is 392 g/mol. The molecule has 0 saturated heterocycles. The number of benzene rings is 2. The summed E-state index contributed by atoms with van der Waals surface area (Å²) in [4.78, 5) is 30.2. The van der Waals surface area contributed by atoms with Crippen LogP contribution in [0.4, 0.5) is 0 Å². The number of carbonyl (C=O) groups is 2. The minimum Gasteiger partial charge on any atom is -0.503 e. The Morgan fingerprint density at radius 2 is 1.74 bits per heavy atom. The monoisotopic (exact) mass is 418 g/mol. The molecule has 0 unspecified atom stereocenters. The van der Waals surface area contributed by atoms with Crippen LogP contribution in [0.2, 0.25) is 0 Å². The SMILES string of the molecule is CCN(CC)CCN1C(=O)C(O)=C(C(=O)c2cc3ccccc3o2)[C@@H]1c1ccccc1. The molecule has 1 aliphatic heterocycles. The van der Waals surface area contributed by atoms with E-state index in [0.717, 1.165) is 24.0 Å². The molecule has 1 aromatic heterocycles. The summed E-state index contributed by atoms with van der Waals surface area (Å²) in [6.07, 6.45) is 0. The number of fused-ring (bicyclic) bond motifs is 1. The molecule has 0 saturated carbocycles. The van der Waals surface area contributed by atoms with Gasteiger partial charge < -0.3 is 19.3 Å². The molecule has 160 valence electrons. The van der Waals surface area contributed by atoms with Crippen molar-refractivity contribution in [2.24, 2.45) is 0 Å². The van der Waals surface area contributed by atoms with Gasteiger partial charge in [0.1, 0.15) is 5.58 Å². The fourth-order valence-electron chi connectivity index (χ4n) is 4.11. The molecule has 2 aromatic carbocycles. The number of aliphatic hydroxyl groups is 1. The predicted molar refractivity (Wildman–Crippen MR) is 119 cm³/mol. The number of likely N-dealkylation sites (N-methyl/N-ethyl adjacent to an activating group) is 1. The van der Waals surface area contributed by atoms with Gasteiger partial charge in [-0.3, -0.25) is 9.59 Å². The van der Waals surface area contributed by atoms with E-state index in [9.17, 15) is 14.7 Å². The summed E-state index contributed by atoms with van der Waals surface area (Å²) in [7, 11) is 0. The van der Waals surface area contributed by atoms with Crippen molar-refractivity contribution in [2.75, 3.05) is 26.2 Å². The average Bonchev–Trinajstić information content (AvgIpc) is 3.34. The van der Waals surface area contributed by atoms with Crippen LogP contribution >= 0.6 is 0 Å². The number of carbonyl (C=O) groups excluding carboxylic acids is 2. The Morgan fingerprint density at radius 1 is 1.06 bits per heavy atom. The van der Waals surface area contributed by atoms with Crippen LogP contribution in [0, 0.1) is 0 Å². The first kappa shape index (κ1) is 20.9. The summed E-state index contributed by atoms with van der Waals surface area (Å²) in [6, 6.07) is 17.7. The molecule has 1 atom stereocenters. The van der Waals surface area contributed by atoms with E-state index in [1.165, 1.54) is 0 Å². The Kier molecular flexibility index (Phi) is 5.91. The van der Waals surface area contributed by atoms with Crippen LogP contribution in [-0.4, -0.2) is 52.8 Å². The fraction of sp³-hybridized carbons (Fsp3) is 0.280. The lowest BCUT2D eigenvalue weighted by atomic mass is 9.95. The smallest absolute Gasteiger partial charge is 0.290 e. The van der Waals surface area contributed by atoms with E-state index >= 15 is 0 Å². The van der Waals surface area contributed by atoms with Crippen molar-refractivity contribution >= 4 is 22.7 Å². The van der Waals surface area contributed by atoms with Gasteiger partial charge in [0, 0.05) is 18.5 Å². The third-order valence-electron chi connectivity index (χ3n) is 5.86. The van der Waals surface area contributed by atoms with E-state index in [1.807, 2.05) is 48.5 Å². The minimum atomic E-state index is -0.662. The van der Waals surface area contributed by atoms with Crippen LogP contribution < -0.4 is 0 Å². The van der Waals surface area contributed by atoms with Crippen LogP contribution in [-0.2, 0) is 4.79 Å². The third-order valence-corrected chi connectivity index (χ3v) is 5.86. The van der Waals surface area contributed by atoms with Gasteiger partial charge in [0.25, 0.3) is 5.91 Å². The molecule has 0 aliphatic carbocycles. The van der Waals surface area contributed by atoms with Crippen LogP contribution in [0.15, 0.2) is 76.4 Å². The number of ketones is 1. The molecule has 6 nitrogen and oxygen atoms in total. The molecule has 1 aliphatic rings. The summed E-state index contributed by atoms with van der Waals surface area (Å²) < 4.78 is 5.75. The highest BCUT2D eigenvalue weighted by Crippen LogP contribution is 2.39. The number of aliphatic hydroxyl groups excluding tert-OH is 1. The van der Waals surface area contributed by atoms with Gasteiger partial charge in [0.2, 0.25) is 5.78 Å². The molecule has 1 N–H and O–H groups in total. The second-order valence-electron chi connectivity index (χ2n) is 7.58. The molecule has 2 heterocycles. The van der Waals surface area contributed by atoms with Gasteiger partial charge in [-0.15, -0.1) is 0 Å². The molecule has 0 radical (unpaired) electrons. The van der Waals surface area contributed by atoms with E-state index in [0.29, 0.717) is 18.7 Å². The van der Waals surface area contributed by atoms with Gasteiger partial charge in [-0.25, -0.2) is 0 Å². The number of furan rings is 1. The second-order valence-corrected chi connectivity index (χ2v) is 7.58. The van der Waals surface area contributed by atoms with E-state index < -0.39 is 23.5 Å². The highest BCUT2D eigenvalue weighted by atomic mass is 16.3. The van der Waals surface area contributed by atoms with Gasteiger partial charge in [0.15, 0.2) is 11.5 Å². The van der Waals surface area contributed by atoms with Crippen LogP contribution in [0.25, 0.3) is 11.0 Å². The maximum atomic E-state index is 13.5.